The summed E-state index contributed by atoms with van der Waals surface area (Å²) < 4.78 is 39.5. The predicted molar refractivity (Wildman–Crippen MR) is 60.5 cm³/mol. The summed E-state index contributed by atoms with van der Waals surface area (Å²) in [4.78, 5) is 0. The number of rotatable bonds is 2. The quantitative estimate of drug-likeness (QED) is 0.847. The molecule has 94 valence electrons. The monoisotopic (exact) mass is 243 g/mol. The third-order valence-electron chi connectivity index (χ3n) is 3.77. The van der Waals surface area contributed by atoms with Crippen molar-refractivity contribution in [2.75, 3.05) is 6.54 Å². The van der Waals surface area contributed by atoms with E-state index in [1.54, 1.807) is 12.1 Å². The van der Waals surface area contributed by atoms with E-state index in [0.29, 0.717) is 12.8 Å². The molecular weight excluding hydrogens is 227 g/mol. The number of alkyl halides is 2. The van der Waals surface area contributed by atoms with Gasteiger partial charge in [0.15, 0.2) is 0 Å². The topological polar surface area (TPSA) is 26.0 Å². The van der Waals surface area contributed by atoms with Crippen LogP contribution in [0.25, 0.3) is 0 Å². The van der Waals surface area contributed by atoms with Crippen LogP contribution in [0.15, 0.2) is 24.3 Å². The zero-order chi connectivity index (χ0) is 12.5. The lowest BCUT2D eigenvalue weighted by molar-refractivity contribution is -0.0509. The Morgan fingerprint density at radius 3 is 2.29 bits per heavy atom. The van der Waals surface area contributed by atoms with Crippen LogP contribution < -0.4 is 5.73 Å². The van der Waals surface area contributed by atoms with E-state index in [1.807, 2.05) is 0 Å². The minimum Gasteiger partial charge on any atom is -0.330 e. The Bertz CT molecular complexity index is 393. The van der Waals surface area contributed by atoms with Crippen LogP contribution in [0.5, 0.6) is 0 Å². The molecule has 0 unspecified atom stereocenters. The van der Waals surface area contributed by atoms with Crippen LogP contribution in [-0.2, 0) is 5.41 Å². The van der Waals surface area contributed by atoms with E-state index in [2.05, 4.69) is 0 Å². The molecule has 1 aliphatic rings. The van der Waals surface area contributed by atoms with Gasteiger partial charge >= 0.3 is 0 Å². The van der Waals surface area contributed by atoms with Crippen LogP contribution in [0.1, 0.15) is 31.2 Å². The standard InChI is InChI=1S/C13H16F3N/c14-11-3-1-2-10(8-11)12(9-17)4-6-13(15,16)7-5-12/h1-3,8H,4-7,9,17H2. The summed E-state index contributed by atoms with van der Waals surface area (Å²) in [6.45, 7) is 0.284. The highest BCUT2D eigenvalue weighted by molar-refractivity contribution is 5.27. The molecule has 2 N–H and O–H groups in total. The third kappa shape index (κ3) is 2.46. The van der Waals surface area contributed by atoms with Crippen LogP contribution in [0.4, 0.5) is 13.2 Å². The smallest absolute Gasteiger partial charge is 0.248 e. The first kappa shape index (κ1) is 12.4. The average molecular weight is 243 g/mol. The van der Waals surface area contributed by atoms with Crippen molar-refractivity contribution in [1.82, 2.24) is 0 Å². The van der Waals surface area contributed by atoms with E-state index in [-0.39, 0.29) is 25.2 Å². The predicted octanol–water partition coefficient (Wildman–Crippen LogP) is 3.23. The van der Waals surface area contributed by atoms with Crippen LogP contribution >= 0.6 is 0 Å². The highest BCUT2D eigenvalue weighted by atomic mass is 19.3. The largest absolute Gasteiger partial charge is 0.330 e. The fraction of sp³-hybridized carbons (Fsp3) is 0.538. The number of hydrogen-bond acceptors (Lipinski definition) is 1. The second-order valence-corrected chi connectivity index (χ2v) is 4.85. The molecule has 0 amide bonds. The molecule has 2 rings (SSSR count). The van der Waals surface area contributed by atoms with Crippen LogP contribution in [-0.4, -0.2) is 12.5 Å². The second-order valence-electron chi connectivity index (χ2n) is 4.85. The Hall–Kier alpha value is -1.03. The molecule has 1 nitrogen and oxygen atoms in total. The van der Waals surface area contributed by atoms with Crippen molar-refractivity contribution in [2.45, 2.75) is 37.0 Å². The molecule has 0 aromatic heterocycles. The molecule has 0 bridgehead atoms. The van der Waals surface area contributed by atoms with E-state index in [1.165, 1.54) is 12.1 Å². The average Bonchev–Trinajstić information content (AvgIpc) is 2.30. The highest BCUT2D eigenvalue weighted by Gasteiger charge is 2.43. The summed E-state index contributed by atoms with van der Waals surface area (Å²) in [5, 5.41) is 0. The molecule has 1 aromatic carbocycles. The summed E-state index contributed by atoms with van der Waals surface area (Å²) in [5.74, 6) is -2.93. The first-order chi connectivity index (χ1) is 7.97. The van der Waals surface area contributed by atoms with Gasteiger partial charge in [0.1, 0.15) is 5.82 Å². The minimum absolute atomic E-state index is 0.166. The first-order valence-electron chi connectivity index (χ1n) is 5.81. The lowest BCUT2D eigenvalue weighted by atomic mass is 9.68. The first-order valence-corrected chi connectivity index (χ1v) is 5.81. The fourth-order valence-electron chi connectivity index (χ4n) is 2.52. The van der Waals surface area contributed by atoms with Gasteiger partial charge in [0, 0.05) is 24.8 Å². The Morgan fingerprint density at radius 2 is 1.76 bits per heavy atom. The Kier molecular flexibility index (Phi) is 3.17. The van der Waals surface area contributed by atoms with Crippen molar-refractivity contribution >= 4 is 0 Å². The minimum atomic E-state index is -2.59. The van der Waals surface area contributed by atoms with Crippen LogP contribution in [0.2, 0.25) is 0 Å². The molecule has 0 radical (unpaired) electrons. The summed E-state index contributed by atoms with van der Waals surface area (Å²) in [5.41, 5.74) is 6.01. The zero-order valence-corrected chi connectivity index (χ0v) is 9.56. The van der Waals surface area contributed by atoms with Crippen molar-refractivity contribution in [3.05, 3.63) is 35.6 Å². The molecular formula is C13H16F3N. The summed E-state index contributed by atoms with van der Waals surface area (Å²) >= 11 is 0. The Labute approximate surface area is 98.8 Å². The fourth-order valence-corrected chi connectivity index (χ4v) is 2.52. The summed E-state index contributed by atoms with van der Waals surface area (Å²) in [6, 6.07) is 6.15. The second kappa shape index (κ2) is 4.33. The maximum atomic E-state index is 13.2. The normalized spacial score (nSPS) is 22.4. The number of hydrogen-bond donors (Lipinski definition) is 1. The maximum Gasteiger partial charge on any atom is 0.248 e. The van der Waals surface area contributed by atoms with Gasteiger partial charge in [0.2, 0.25) is 5.92 Å². The van der Waals surface area contributed by atoms with Crippen molar-refractivity contribution in [2.24, 2.45) is 5.73 Å². The zero-order valence-electron chi connectivity index (χ0n) is 9.56. The van der Waals surface area contributed by atoms with Gasteiger partial charge < -0.3 is 5.73 Å². The number of benzene rings is 1. The lowest BCUT2D eigenvalue weighted by Crippen LogP contribution is -2.42. The van der Waals surface area contributed by atoms with E-state index in [0.717, 1.165) is 5.56 Å². The lowest BCUT2D eigenvalue weighted by Gasteiger charge is -2.39. The van der Waals surface area contributed by atoms with E-state index < -0.39 is 11.3 Å². The summed E-state index contributed by atoms with van der Waals surface area (Å²) in [6.07, 6.45) is 0.307. The number of nitrogens with two attached hydrogens (primary N) is 1. The van der Waals surface area contributed by atoms with Gasteiger partial charge in [-0.15, -0.1) is 0 Å². The van der Waals surface area contributed by atoms with Gasteiger partial charge in [0.05, 0.1) is 0 Å². The van der Waals surface area contributed by atoms with Crippen LogP contribution in [0, 0.1) is 5.82 Å². The van der Waals surface area contributed by atoms with Gasteiger partial charge in [-0.1, -0.05) is 12.1 Å². The number of halogens is 3. The maximum absolute atomic E-state index is 13.2. The SMILES string of the molecule is NCC1(c2cccc(F)c2)CCC(F)(F)CC1. The van der Waals surface area contributed by atoms with Crippen molar-refractivity contribution < 1.29 is 13.2 Å². The van der Waals surface area contributed by atoms with Gasteiger partial charge in [-0.05, 0) is 30.5 Å². The van der Waals surface area contributed by atoms with Gasteiger partial charge in [0.25, 0.3) is 0 Å². The van der Waals surface area contributed by atoms with Crippen LogP contribution in [0.3, 0.4) is 0 Å². The molecule has 4 heteroatoms. The highest BCUT2D eigenvalue weighted by Crippen LogP contribution is 2.44. The molecule has 0 saturated heterocycles. The van der Waals surface area contributed by atoms with Gasteiger partial charge in [-0.3, -0.25) is 0 Å². The molecule has 1 saturated carbocycles. The molecule has 0 aliphatic heterocycles. The summed E-state index contributed by atoms with van der Waals surface area (Å²) in [7, 11) is 0. The Morgan fingerprint density at radius 1 is 1.12 bits per heavy atom. The van der Waals surface area contributed by atoms with Crippen molar-refractivity contribution in [3.63, 3.8) is 0 Å². The van der Waals surface area contributed by atoms with E-state index >= 15 is 0 Å². The molecule has 0 spiro atoms. The molecule has 1 aromatic rings. The van der Waals surface area contributed by atoms with Gasteiger partial charge in [-0.2, -0.15) is 0 Å². The van der Waals surface area contributed by atoms with Crippen molar-refractivity contribution in [1.29, 1.82) is 0 Å². The molecule has 0 atom stereocenters. The third-order valence-corrected chi connectivity index (χ3v) is 3.77. The molecule has 1 aliphatic carbocycles. The molecule has 17 heavy (non-hydrogen) atoms. The van der Waals surface area contributed by atoms with E-state index in [9.17, 15) is 13.2 Å². The molecule has 0 heterocycles. The van der Waals surface area contributed by atoms with Gasteiger partial charge in [-0.25, -0.2) is 13.2 Å². The van der Waals surface area contributed by atoms with E-state index in [4.69, 9.17) is 5.73 Å². The van der Waals surface area contributed by atoms with Crippen molar-refractivity contribution in [3.8, 4) is 0 Å². The Balaban J connectivity index is 2.27. The molecule has 1 fully saturated rings.